The van der Waals surface area contributed by atoms with Crippen LogP contribution in [0.1, 0.15) is 58.3 Å². The van der Waals surface area contributed by atoms with Crippen LogP contribution >= 0.6 is 0 Å². The Morgan fingerprint density at radius 2 is 1.50 bits per heavy atom. The van der Waals surface area contributed by atoms with Gasteiger partial charge in [0, 0.05) is 0 Å². The molecule has 2 aliphatic carbocycles. The molecule has 0 saturated heterocycles. The van der Waals surface area contributed by atoms with Crippen LogP contribution in [0.3, 0.4) is 0 Å². The van der Waals surface area contributed by atoms with Crippen LogP contribution in [0, 0.1) is 17.8 Å². The molecule has 0 aliphatic heterocycles. The normalized spacial score (nSPS) is 45.0. The molecule has 2 unspecified atom stereocenters. The van der Waals surface area contributed by atoms with Crippen molar-refractivity contribution in [3.63, 3.8) is 0 Å². The highest BCUT2D eigenvalue weighted by Crippen LogP contribution is 2.40. The maximum absolute atomic E-state index is 13.7. The SMILES string of the molecule is CC1CCC(C2CCCCC2F)CC1. The van der Waals surface area contributed by atoms with Gasteiger partial charge in [0.05, 0.1) is 0 Å². The Morgan fingerprint density at radius 1 is 0.857 bits per heavy atom. The fraction of sp³-hybridized carbons (Fsp3) is 1.00. The van der Waals surface area contributed by atoms with E-state index in [4.69, 9.17) is 0 Å². The minimum atomic E-state index is -0.470. The van der Waals surface area contributed by atoms with Crippen molar-refractivity contribution in [2.24, 2.45) is 17.8 Å². The monoisotopic (exact) mass is 198 g/mol. The van der Waals surface area contributed by atoms with Crippen molar-refractivity contribution >= 4 is 0 Å². The summed E-state index contributed by atoms with van der Waals surface area (Å²) in [6, 6.07) is 0. The summed E-state index contributed by atoms with van der Waals surface area (Å²) in [6.45, 7) is 2.34. The van der Waals surface area contributed by atoms with Gasteiger partial charge in [-0.25, -0.2) is 4.39 Å². The Hall–Kier alpha value is -0.0700. The molecule has 0 spiro atoms. The molecule has 2 saturated carbocycles. The molecule has 1 heteroatoms. The molecule has 82 valence electrons. The van der Waals surface area contributed by atoms with Crippen LogP contribution in [0.2, 0.25) is 0 Å². The Balaban J connectivity index is 1.87. The topological polar surface area (TPSA) is 0 Å². The van der Waals surface area contributed by atoms with Crippen LogP contribution in [0.15, 0.2) is 0 Å². The smallest absolute Gasteiger partial charge is 0.103 e. The van der Waals surface area contributed by atoms with Crippen molar-refractivity contribution in [2.75, 3.05) is 0 Å². The Morgan fingerprint density at radius 3 is 2.14 bits per heavy atom. The van der Waals surface area contributed by atoms with Crippen molar-refractivity contribution in [1.29, 1.82) is 0 Å². The van der Waals surface area contributed by atoms with Gasteiger partial charge in [-0.2, -0.15) is 0 Å². The molecular weight excluding hydrogens is 175 g/mol. The van der Waals surface area contributed by atoms with Gasteiger partial charge in [0.15, 0.2) is 0 Å². The van der Waals surface area contributed by atoms with Crippen molar-refractivity contribution in [3.8, 4) is 0 Å². The summed E-state index contributed by atoms with van der Waals surface area (Å²) in [7, 11) is 0. The first-order valence-electron chi connectivity index (χ1n) is 6.41. The number of hydrogen-bond donors (Lipinski definition) is 0. The first-order valence-corrected chi connectivity index (χ1v) is 6.41. The summed E-state index contributed by atoms with van der Waals surface area (Å²) in [5, 5.41) is 0. The zero-order valence-electron chi connectivity index (χ0n) is 9.34. The summed E-state index contributed by atoms with van der Waals surface area (Å²) in [5.41, 5.74) is 0. The summed E-state index contributed by atoms with van der Waals surface area (Å²) < 4.78 is 13.7. The van der Waals surface area contributed by atoms with Gasteiger partial charge in [0.25, 0.3) is 0 Å². The lowest BCUT2D eigenvalue weighted by Crippen LogP contribution is -2.30. The fourth-order valence-electron chi connectivity index (χ4n) is 3.36. The van der Waals surface area contributed by atoms with E-state index in [1.165, 1.54) is 38.5 Å². The van der Waals surface area contributed by atoms with E-state index in [1.54, 1.807) is 0 Å². The van der Waals surface area contributed by atoms with Crippen LogP contribution < -0.4 is 0 Å². The lowest BCUT2D eigenvalue weighted by atomic mass is 9.70. The second-order valence-corrected chi connectivity index (χ2v) is 5.48. The predicted molar refractivity (Wildman–Crippen MR) is 58.0 cm³/mol. The molecule has 2 fully saturated rings. The molecule has 0 aromatic heterocycles. The van der Waals surface area contributed by atoms with Gasteiger partial charge < -0.3 is 0 Å². The molecule has 14 heavy (non-hydrogen) atoms. The number of halogens is 1. The maximum atomic E-state index is 13.7. The Labute approximate surface area is 87.3 Å². The van der Waals surface area contributed by atoms with Crippen molar-refractivity contribution in [2.45, 2.75) is 64.5 Å². The molecule has 0 radical (unpaired) electrons. The van der Waals surface area contributed by atoms with Gasteiger partial charge >= 0.3 is 0 Å². The van der Waals surface area contributed by atoms with E-state index < -0.39 is 6.17 Å². The highest BCUT2D eigenvalue weighted by Gasteiger charge is 2.33. The molecule has 2 rings (SSSR count). The lowest BCUT2D eigenvalue weighted by molar-refractivity contribution is 0.0838. The average Bonchev–Trinajstić information content (AvgIpc) is 2.20. The first kappa shape index (κ1) is 10.4. The second-order valence-electron chi connectivity index (χ2n) is 5.48. The Bertz CT molecular complexity index is 170. The van der Waals surface area contributed by atoms with E-state index in [-0.39, 0.29) is 0 Å². The van der Waals surface area contributed by atoms with Crippen LogP contribution in [0.4, 0.5) is 4.39 Å². The lowest BCUT2D eigenvalue weighted by Gasteiger charge is -2.36. The van der Waals surface area contributed by atoms with E-state index in [9.17, 15) is 4.39 Å². The van der Waals surface area contributed by atoms with Crippen molar-refractivity contribution < 1.29 is 4.39 Å². The summed E-state index contributed by atoms with van der Waals surface area (Å²) in [6.07, 6.45) is 9.22. The maximum Gasteiger partial charge on any atom is 0.103 e. The molecule has 0 aromatic rings. The molecule has 0 N–H and O–H groups in total. The third-order valence-corrected chi connectivity index (χ3v) is 4.40. The van der Waals surface area contributed by atoms with Gasteiger partial charge in [-0.1, -0.05) is 32.6 Å². The van der Waals surface area contributed by atoms with Crippen LogP contribution in [-0.4, -0.2) is 6.17 Å². The van der Waals surface area contributed by atoms with E-state index in [0.29, 0.717) is 5.92 Å². The first-order chi connectivity index (χ1) is 6.77. The van der Waals surface area contributed by atoms with Crippen LogP contribution in [-0.2, 0) is 0 Å². The minimum Gasteiger partial charge on any atom is -0.247 e. The van der Waals surface area contributed by atoms with E-state index in [0.717, 1.165) is 24.7 Å². The van der Waals surface area contributed by atoms with Gasteiger partial charge in [-0.05, 0) is 43.4 Å². The molecule has 0 nitrogen and oxygen atoms in total. The number of rotatable bonds is 1. The minimum absolute atomic E-state index is 0.427. The van der Waals surface area contributed by atoms with Crippen molar-refractivity contribution in [3.05, 3.63) is 0 Å². The summed E-state index contributed by atoms with van der Waals surface area (Å²) in [4.78, 5) is 0. The molecule has 0 heterocycles. The quantitative estimate of drug-likeness (QED) is 0.588. The average molecular weight is 198 g/mol. The number of hydrogen-bond acceptors (Lipinski definition) is 0. The summed E-state index contributed by atoms with van der Waals surface area (Å²) >= 11 is 0. The standard InChI is InChI=1S/C13H23F/c1-10-6-8-11(9-7-10)12-4-2-3-5-13(12)14/h10-13H,2-9H2,1H3. The second kappa shape index (κ2) is 4.63. The van der Waals surface area contributed by atoms with E-state index >= 15 is 0 Å². The van der Waals surface area contributed by atoms with E-state index in [2.05, 4.69) is 6.92 Å². The van der Waals surface area contributed by atoms with Crippen LogP contribution in [0.25, 0.3) is 0 Å². The summed E-state index contributed by atoms with van der Waals surface area (Å²) in [5.74, 6) is 2.05. The largest absolute Gasteiger partial charge is 0.247 e. The predicted octanol–water partition coefficient (Wildman–Crippen LogP) is 4.34. The van der Waals surface area contributed by atoms with Gasteiger partial charge in [-0.3, -0.25) is 0 Å². The zero-order valence-corrected chi connectivity index (χ0v) is 9.34. The highest BCUT2D eigenvalue weighted by atomic mass is 19.1. The zero-order chi connectivity index (χ0) is 9.97. The fourth-order valence-corrected chi connectivity index (χ4v) is 3.36. The molecule has 0 bridgehead atoms. The Kier molecular flexibility index (Phi) is 3.46. The van der Waals surface area contributed by atoms with E-state index in [1.807, 2.05) is 0 Å². The van der Waals surface area contributed by atoms with Crippen LogP contribution in [0.5, 0.6) is 0 Å². The van der Waals surface area contributed by atoms with Gasteiger partial charge in [-0.15, -0.1) is 0 Å². The molecule has 0 amide bonds. The molecule has 0 aromatic carbocycles. The molecule has 2 aliphatic rings. The number of alkyl halides is 1. The highest BCUT2D eigenvalue weighted by molar-refractivity contribution is 4.83. The van der Waals surface area contributed by atoms with Crippen molar-refractivity contribution in [1.82, 2.24) is 0 Å². The van der Waals surface area contributed by atoms with Gasteiger partial charge in [0.1, 0.15) is 6.17 Å². The third-order valence-electron chi connectivity index (χ3n) is 4.40. The molecular formula is C13H23F. The third kappa shape index (κ3) is 2.29. The molecule has 2 atom stereocenters. The van der Waals surface area contributed by atoms with Gasteiger partial charge in [0.2, 0.25) is 0 Å².